The van der Waals surface area contributed by atoms with Gasteiger partial charge in [0.05, 0.1) is 6.21 Å². The van der Waals surface area contributed by atoms with Crippen LogP contribution >= 0.6 is 11.3 Å². The first-order valence-corrected chi connectivity index (χ1v) is 6.12. The van der Waals surface area contributed by atoms with Crippen molar-refractivity contribution in [3.8, 4) is 0 Å². The maximum atomic E-state index is 11.7. The highest BCUT2D eigenvalue weighted by atomic mass is 32.1. The molecular formula is C13H12N2OS. The van der Waals surface area contributed by atoms with Crippen LogP contribution in [0.2, 0.25) is 0 Å². The second kappa shape index (κ2) is 5.41. The lowest BCUT2D eigenvalue weighted by atomic mass is 10.1. The van der Waals surface area contributed by atoms with Gasteiger partial charge in [-0.2, -0.15) is 16.4 Å². The standard InChI is InChI=1S/C13H12N2OS/c1-10-3-2-4-12(7-10)13(16)15-14-8-11-5-6-17-9-11/h2-9H,1H3,(H,15,16)/b14-8+. The molecule has 4 heteroatoms. The number of hydrazone groups is 1. The van der Waals surface area contributed by atoms with Gasteiger partial charge in [-0.1, -0.05) is 17.7 Å². The van der Waals surface area contributed by atoms with Crippen molar-refractivity contribution in [2.75, 3.05) is 0 Å². The third kappa shape index (κ3) is 3.26. The quantitative estimate of drug-likeness (QED) is 0.654. The van der Waals surface area contributed by atoms with Crippen LogP contribution in [0.3, 0.4) is 0 Å². The number of nitrogens with zero attached hydrogens (tertiary/aromatic N) is 1. The smallest absolute Gasteiger partial charge is 0.267 e. The van der Waals surface area contributed by atoms with Crippen molar-refractivity contribution >= 4 is 23.5 Å². The summed E-state index contributed by atoms with van der Waals surface area (Å²) >= 11 is 1.59. The van der Waals surface area contributed by atoms with Crippen molar-refractivity contribution in [2.45, 2.75) is 6.92 Å². The van der Waals surface area contributed by atoms with Gasteiger partial charge < -0.3 is 0 Å². The highest BCUT2D eigenvalue weighted by Gasteiger charge is 2.02. The molecule has 17 heavy (non-hydrogen) atoms. The number of carbonyl (C=O) groups excluding carboxylic acids is 1. The molecular weight excluding hydrogens is 232 g/mol. The van der Waals surface area contributed by atoms with Crippen LogP contribution in [0.1, 0.15) is 21.5 Å². The molecule has 0 aliphatic heterocycles. The van der Waals surface area contributed by atoms with Crippen molar-refractivity contribution in [1.82, 2.24) is 5.43 Å². The fraction of sp³-hybridized carbons (Fsp3) is 0.0769. The predicted molar refractivity (Wildman–Crippen MR) is 70.6 cm³/mol. The Hall–Kier alpha value is -1.94. The Morgan fingerprint density at radius 3 is 3.00 bits per heavy atom. The number of thiophene rings is 1. The van der Waals surface area contributed by atoms with E-state index in [-0.39, 0.29) is 5.91 Å². The Morgan fingerprint density at radius 2 is 2.29 bits per heavy atom. The van der Waals surface area contributed by atoms with E-state index in [4.69, 9.17) is 0 Å². The Bertz CT molecular complexity index is 532. The van der Waals surface area contributed by atoms with Crippen LogP contribution in [0, 0.1) is 6.92 Å². The zero-order valence-electron chi connectivity index (χ0n) is 9.38. The van der Waals surface area contributed by atoms with E-state index in [1.165, 1.54) is 0 Å². The SMILES string of the molecule is Cc1cccc(C(=O)N/N=C/c2ccsc2)c1. The van der Waals surface area contributed by atoms with Gasteiger partial charge >= 0.3 is 0 Å². The number of hydrogen-bond donors (Lipinski definition) is 1. The van der Waals surface area contributed by atoms with Crippen molar-refractivity contribution in [2.24, 2.45) is 5.10 Å². The van der Waals surface area contributed by atoms with E-state index < -0.39 is 0 Å². The number of benzene rings is 1. The largest absolute Gasteiger partial charge is 0.271 e. The van der Waals surface area contributed by atoms with E-state index in [2.05, 4.69) is 10.5 Å². The number of carbonyl (C=O) groups is 1. The third-order valence-corrected chi connectivity index (χ3v) is 2.90. The highest BCUT2D eigenvalue weighted by molar-refractivity contribution is 7.08. The van der Waals surface area contributed by atoms with Crippen LogP contribution in [0.4, 0.5) is 0 Å². The van der Waals surface area contributed by atoms with Crippen LogP contribution in [0.25, 0.3) is 0 Å². The molecule has 2 rings (SSSR count). The molecule has 0 radical (unpaired) electrons. The molecule has 1 aromatic heterocycles. The van der Waals surface area contributed by atoms with Gasteiger partial charge in [0, 0.05) is 11.1 Å². The van der Waals surface area contributed by atoms with Gasteiger partial charge in [-0.25, -0.2) is 5.43 Å². The predicted octanol–water partition coefficient (Wildman–Crippen LogP) is 2.82. The monoisotopic (exact) mass is 244 g/mol. The summed E-state index contributed by atoms with van der Waals surface area (Å²) in [6, 6.07) is 9.34. The number of aryl methyl sites for hydroxylation is 1. The first kappa shape index (κ1) is 11.5. The third-order valence-electron chi connectivity index (χ3n) is 2.20. The summed E-state index contributed by atoms with van der Waals surface area (Å²) in [5.74, 6) is -0.194. The molecule has 1 heterocycles. The number of hydrogen-bond acceptors (Lipinski definition) is 3. The lowest BCUT2D eigenvalue weighted by Gasteiger charge is -2.00. The minimum atomic E-state index is -0.194. The number of nitrogens with one attached hydrogen (secondary N) is 1. The minimum Gasteiger partial charge on any atom is -0.267 e. The molecule has 1 aromatic carbocycles. The van der Waals surface area contributed by atoms with Gasteiger partial charge in [-0.15, -0.1) is 0 Å². The highest BCUT2D eigenvalue weighted by Crippen LogP contribution is 2.04. The molecule has 2 aromatic rings. The summed E-state index contributed by atoms with van der Waals surface area (Å²) in [7, 11) is 0. The van der Waals surface area contributed by atoms with E-state index in [0.717, 1.165) is 11.1 Å². The van der Waals surface area contributed by atoms with E-state index >= 15 is 0 Å². The lowest BCUT2D eigenvalue weighted by molar-refractivity contribution is 0.0955. The minimum absolute atomic E-state index is 0.194. The van der Waals surface area contributed by atoms with Crippen molar-refractivity contribution in [3.05, 3.63) is 57.8 Å². The average Bonchev–Trinajstić information content (AvgIpc) is 2.82. The normalized spacial score (nSPS) is 10.6. The molecule has 3 nitrogen and oxygen atoms in total. The van der Waals surface area contributed by atoms with Crippen LogP contribution < -0.4 is 5.43 Å². The van der Waals surface area contributed by atoms with Crippen molar-refractivity contribution in [1.29, 1.82) is 0 Å². The summed E-state index contributed by atoms with van der Waals surface area (Å²) in [6.45, 7) is 1.95. The van der Waals surface area contributed by atoms with Crippen molar-refractivity contribution < 1.29 is 4.79 Å². The molecule has 0 saturated heterocycles. The molecule has 0 spiro atoms. The van der Waals surface area contributed by atoms with Gasteiger partial charge in [-0.3, -0.25) is 4.79 Å². The molecule has 86 valence electrons. The Morgan fingerprint density at radius 1 is 1.41 bits per heavy atom. The molecule has 0 atom stereocenters. The molecule has 0 fully saturated rings. The Balaban J connectivity index is 1.98. The molecule has 0 saturated carbocycles. The van der Waals surface area contributed by atoms with Crippen molar-refractivity contribution in [3.63, 3.8) is 0 Å². The number of amides is 1. The van der Waals surface area contributed by atoms with Gasteiger partial charge in [-0.05, 0) is 35.9 Å². The summed E-state index contributed by atoms with van der Waals surface area (Å²) < 4.78 is 0. The maximum Gasteiger partial charge on any atom is 0.271 e. The van der Waals surface area contributed by atoms with Gasteiger partial charge in [0.1, 0.15) is 0 Å². The fourth-order valence-corrected chi connectivity index (χ4v) is 1.98. The van der Waals surface area contributed by atoms with Gasteiger partial charge in [0.25, 0.3) is 5.91 Å². The average molecular weight is 244 g/mol. The summed E-state index contributed by atoms with van der Waals surface area (Å²) in [4.78, 5) is 11.7. The number of rotatable bonds is 3. The fourth-order valence-electron chi connectivity index (χ4n) is 1.36. The molecule has 1 amide bonds. The van der Waals surface area contributed by atoms with Gasteiger partial charge in [0.2, 0.25) is 0 Å². The van der Waals surface area contributed by atoms with Crippen LogP contribution in [0.5, 0.6) is 0 Å². The summed E-state index contributed by atoms with van der Waals surface area (Å²) in [5, 5.41) is 7.82. The zero-order chi connectivity index (χ0) is 12.1. The zero-order valence-corrected chi connectivity index (χ0v) is 10.2. The Labute approximate surface area is 104 Å². The van der Waals surface area contributed by atoms with E-state index in [1.807, 2.05) is 41.9 Å². The second-order valence-corrected chi connectivity index (χ2v) is 4.41. The lowest BCUT2D eigenvalue weighted by Crippen LogP contribution is -2.17. The van der Waals surface area contributed by atoms with Crippen LogP contribution in [-0.4, -0.2) is 12.1 Å². The summed E-state index contributed by atoms with van der Waals surface area (Å²) in [5.41, 5.74) is 5.16. The van der Waals surface area contributed by atoms with Gasteiger partial charge in [0.15, 0.2) is 0 Å². The molecule has 0 unspecified atom stereocenters. The Kier molecular flexibility index (Phi) is 3.67. The maximum absolute atomic E-state index is 11.7. The van der Waals surface area contributed by atoms with Crippen LogP contribution in [0.15, 0.2) is 46.2 Å². The van der Waals surface area contributed by atoms with E-state index in [0.29, 0.717) is 5.56 Å². The molecule has 1 N–H and O–H groups in total. The first-order valence-electron chi connectivity index (χ1n) is 5.18. The molecule has 0 bridgehead atoms. The second-order valence-electron chi connectivity index (χ2n) is 3.63. The first-order chi connectivity index (χ1) is 8.25. The van der Waals surface area contributed by atoms with Crippen LogP contribution in [-0.2, 0) is 0 Å². The van der Waals surface area contributed by atoms with E-state index in [9.17, 15) is 4.79 Å². The molecule has 0 aliphatic rings. The molecule has 0 aliphatic carbocycles. The topological polar surface area (TPSA) is 41.5 Å². The summed E-state index contributed by atoms with van der Waals surface area (Å²) in [6.07, 6.45) is 1.63. The van der Waals surface area contributed by atoms with E-state index in [1.54, 1.807) is 23.6 Å².